The van der Waals surface area contributed by atoms with Crippen LogP contribution in [0.3, 0.4) is 0 Å². The number of halogens is 1. The highest BCUT2D eigenvalue weighted by molar-refractivity contribution is 5.96. The van der Waals surface area contributed by atoms with Gasteiger partial charge in [-0.25, -0.2) is 13.9 Å². The zero-order valence-electron chi connectivity index (χ0n) is 18.4. The summed E-state index contributed by atoms with van der Waals surface area (Å²) in [5.74, 6) is -0.416. The molecule has 5 rings (SSSR count). The molecule has 0 bridgehead atoms. The number of amides is 1. The normalized spacial score (nSPS) is 15.3. The average Bonchev–Trinajstić information content (AvgIpc) is 3.32. The maximum Gasteiger partial charge on any atom is 0.255 e. The van der Waals surface area contributed by atoms with Gasteiger partial charge in [0.2, 0.25) is 0 Å². The second-order valence-electron chi connectivity index (χ2n) is 8.68. The Morgan fingerprint density at radius 3 is 2.78 bits per heavy atom. The van der Waals surface area contributed by atoms with E-state index in [9.17, 15) is 9.18 Å². The fourth-order valence-electron chi connectivity index (χ4n) is 4.76. The Morgan fingerprint density at radius 2 is 2.00 bits per heavy atom. The van der Waals surface area contributed by atoms with Crippen molar-refractivity contribution in [3.8, 4) is 11.1 Å². The van der Waals surface area contributed by atoms with Gasteiger partial charge in [0.25, 0.3) is 5.91 Å². The van der Waals surface area contributed by atoms with Crippen molar-refractivity contribution in [1.82, 2.24) is 19.9 Å². The molecule has 0 fully saturated rings. The van der Waals surface area contributed by atoms with E-state index in [0.717, 1.165) is 35.4 Å². The van der Waals surface area contributed by atoms with Crippen molar-refractivity contribution in [2.24, 2.45) is 0 Å². The van der Waals surface area contributed by atoms with Crippen LogP contribution >= 0.6 is 0 Å². The molecule has 1 atom stereocenters. The standard InChI is InChI=1S/C26H25FN4O/c1-15(2)24-21(26(32)29-22-12-11-17-7-4-5-10-20(17)22)14-28-25-23(16(3)30-31(24)25)18-8-6-9-19(27)13-18/h4-10,13-15,22H,11-12H2,1-3H3,(H,29,32)/t22-/m0/s1. The fourth-order valence-corrected chi connectivity index (χ4v) is 4.76. The highest BCUT2D eigenvalue weighted by Gasteiger charge is 2.27. The van der Waals surface area contributed by atoms with E-state index in [2.05, 4.69) is 22.4 Å². The van der Waals surface area contributed by atoms with Crippen LogP contribution in [-0.4, -0.2) is 20.5 Å². The number of aryl methyl sites for hydroxylation is 2. The van der Waals surface area contributed by atoms with Gasteiger partial charge >= 0.3 is 0 Å². The van der Waals surface area contributed by atoms with Crippen LogP contribution in [0.25, 0.3) is 16.8 Å². The number of benzene rings is 2. The molecule has 1 N–H and O–H groups in total. The van der Waals surface area contributed by atoms with Crippen molar-refractivity contribution in [1.29, 1.82) is 0 Å². The molecule has 162 valence electrons. The van der Waals surface area contributed by atoms with Crippen LogP contribution in [0, 0.1) is 12.7 Å². The number of nitrogens with zero attached hydrogens (tertiary/aromatic N) is 3. The van der Waals surface area contributed by atoms with Crippen molar-refractivity contribution < 1.29 is 9.18 Å². The number of rotatable bonds is 4. The summed E-state index contributed by atoms with van der Waals surface area (Å²) < 4.78 is 15.6. The lowest BCUT2D eigenvalue weighted by Crippen LogP contribution is -2.29. The Kier molecular flexibility index (Phi) is 5.00. The smallest absolute Gasteiger partial charge is 0.255 e. The van der Waals surface area contributed by atoms with Crippen molar-refractivity contribution in [3.05, 3.63) is 88.6 Å². The Hall–Kier alpha value is -3.54. The molecule has 1 amide bonds. The fraction of sp³-hybridized carbons (Fsp3) is 0.269. The van der Waals surface area contributed by atoms with E-state index < -0.39 is 0 Å². The molecule has 0 unspecified atom stereocenters. The van der Waals surface area contributed by atoms with Gasteiger partial charge in [0.15, 0.2) is 5.65 Å². The zero-order chi connectivity index (χ0) is 22.4. The Bertz CT molecular complexity index is 1340. The van der Waals surface area contributed by atoms with Gasteiger partial charge in [0.05, 0.1) is 23.0 Å². The molecule has 4 aromatic rings. The number of hydrogen-bond acceptors (Lipinski definition) is 3. The SMILES string of the molecule is Cc1nn2c(C(C)C)c(C(=O)N[C@H]3CCc4ccccc43)cnc2c1-c1cccc(F)c1. The number of aromatic nitrogens is 3. The lowest BCUT2D eigenvalue weighted by molar-refractivity contribution is 0.0934. The molecule has 1 aliphatic carbocycles. The summed E-state index contributed by atoms with van der Waals surface area (Å²) in [6.45, 7) is 5.96. The summed E-state index contributed by atoms with van der Waals surface area (Å²) in [4.78, 5) is 18.0. The molecule has 0 spiro atoms. The molecule has 0 aliphatic heterocycles. The van der Waals surface area contributed by atoms with Crippen molar-refractivity contribution in [2.45, 2.75) is 45.6 Å². The number of carbonyl (C=O) groups is 1. The van der Waals surface area contributed by atoms with Gasteiger partial charge in [-0.15, -0.1) is 0 Å². The third-order valence-corrected chi connectivity index (χ3v) is 6.20. The summed E-state index contributed by atoms with van der Waals surface area (Å²) >= 11 is 0. The van der Waals surface area contributed by atoms with E-state index in [4.69, 9.17) is 5.10 Å². The van der Waals surface area contributed by atoms with Gasteiger partial charge in [0.1, 0.15) is 5.82 Å². The van der Waals surface area contributed by atoms with E-state index >= 15 is 0 Å². The van der Waals surface area contributed by atoms with Gasteiger partial charge in [0, 0.05) is 11.8 Å². The second kappa shape index (κ2) is 7.86. The number of nitrogens with one attached hydrogen (secondary N) is 1. The summed E-state index contributed by atoms with van der Waals surface area (Å²) in [5.41, 5.74) is 6.66. The first kappa shape index (κ1) is 20.4. The molecular weight excluding hydrogens is 403 g/mol. The van der Waals surface area contributed by atoms with Crippen molar-refractivity contribution in [2.75, 3.05) is 0 Å². The molecule has 2 aromatic carbocycles. The van der Waals surface area contributed by atoms with Crippen LogP contribution < -0.4 is 5.32 Å². The number of fused-ring (bicyclic) bond motifs is 2. The van der Waals surface area contributed by atoms with E-state index in [1.54, 1.807) is 16.8 Å². The molecule has 6 heteroatoms. The van der Waals surface area contributed by atoms with Crippen molar-refractivity contribution >= 4 is 11.6 Å². The van der Waals surface area contributed by atoms with Gasteiger partial charge in [-0.05, 0) is 54.5 Å². The molecule has 0 saturated carbocycles. The highest BCUT2D eigenvalue weighted by atomic mass is 19.1. The van der Waals surface area contributed by atoms with Crippen LogP contribution in [-0.2, 0) is 6.42 Å². The molecule has 32 heavy (non-hydrogen) atoms. The lowest BCUT2D eigenvalue weighted by Gasteiger charge is -2.18. The van der Waals surface area contributed by atoms with Crippen molar-refractivity contribution in [3.63, 3.8) is 0 Å². The molecule has 1 aliphatic rings. The van der Waals surface area contributed by atoms with Gasteiger partial charge in [-0.1, -0.05) is 50.2 Å². The summed E-state index contributed by atoms with van der Waals surface area (Å²) in [6.07, 6.45) is 3.48. The highest BCUT2D eigenvalue weighted by Crippen LogP contribution is 2.33. The van der Waals surface area contributed by atoms with Gasteiger partial charge in [-0.3, -0.25) is 4.79 Å². The van der Waals surface area contributed by atoms with E-state index in [1.165, 1.54) is 23.3 Å². The molecule has 5 nitrogen and oxygen atoms in total. The molecule has 2 aromatic heterocycles. The summed E-state index contributed by atoms with van der Waals surface area (Å²) in [6, 6.07) is 14.7. The van der Waals surface area contributed by atoms with Crippen LogP contribution in [0.15, 0.2) is 54.7 Å². The monoisotopic (exact) mass is 428 g/mol. The zero-order valence-corrected chi connectivity index (χ0v) is 18.4. The molecular formula is C26H25FN4O. The van der Waals surface area contributed by atoms with Crippen LogP contribution in [0.5, 0.6) is 0 Å². The van der Waals surface area contributed by atoms with E-state index in [1.807, 2.05) is 39.0 Å². The first-order chi connectivity index (χ1) is 15.4. The predicted molar refractivity (Wildman–Crippen MR) is 122 cm³/mol. The van der Waals surface area contributed by atoms with E-state index in [-0.39, 0.29) is 23.7 Å². The topological polar surface area (TPSA) is 59.3 Å². The van der Waals surface area contributed by atoms with Gasteiger partial charge in [-0.2, -0.15) is 5.10 Å². The largest absolute Gasteiger partial charge is 0.345 e. The predicted octanol–water partition coefficient (Wildman–Crippen LogP) is 5.38. The first-order valence-corrected chi connectivity index (χ1v) is 11.0. The number of carbonyl (C=O) groups excluding carboxylic acids is 1. The number of hydrogen-bond donors (Lipinski definition) is 1. The van der Waals surface area contributed by atoms with Crippen LogP contribution in [0.2, 0.25) is 0 Å². The maximum absolute atomic E-state index is 13.9. The minimum Gasteiger partial charge on any atom is -0.345 e. The second-order valence-corrected chi connectivity index (χ2v) is 8.68. The molecule has 0 radical (unpaired) electrons. The van der Waals surface area contributed by atoms with Gasteiger partial charge < -0.3 is 5.32 Å². The Labute approximate surface area is 186 Å². The van der Waals surface area contributed by atoms with Crippen LogP contribution in [0.1, 0.15) is 65.1 Å². The van der Waals surface area contributed by atoms with Crippen LogP contribution in [0.4, 0.5) is 4.39 Å². The molecule has 2 heterocycles. The minimum absolute atomic E-state index is 0.00313. The molecule has 0 saturated heterocycles. The third-order valence-electron chi connectivity index (χ3n) is 6.20. The Balaban J connectivity index is 1.57. The third kappa shape index (κ3) is 3.36. The summed E-state index contributed by atoms with van der Waals surface area (Å²) in [5, 5.41) is 7.91. The summed E-state index contributed by atoms with van der Waals surface area (Å²) in [7, 11) is 0. The quantitative estimate of drug-likeness (QED) is 0.474. The maximum atomic E-state index is 13.9. The lowest BCUT2D eigenvalue weighted by atomic mass is 10.0. The first-order valence-electron chi connectivity index (χ1n) is 11.0. The Morgan fingerprint density at radius 1 is 1.19 bits per heavy atom. The minimum atomic E-state index is -0.307. The average molecular weight is 429 g/mol. The van der Waals surface area contributed by atoms with E-state index in [0.29, 0.717) is 11.2 Å².